The molecule has 7 nitrogen and oxygen atoms in total. The van der Waals surface area contributed by atoms with E-state index in [-0.39, 0.29) is 18.1 Å². The number of nitro benzene ring substituents is 1. The quantitative estimate of drug-likeness (QED) is 0.502. The van der Waals surface area contributed by atoms with Gasteiger partial charge in [0.05, 0.1) is 17.6 Å². The molecule has 0 aliphatic heterocycles. The summed E-state index contributed by atoms with van der Waals surface area (Å²) < 4.78 is 5.09. The second-order valence-electron chi connectivity index (χ2n) is 4.54. The zero-order valence-corrected chi connectivity index (χ0v) is 12.4. The van der Waals surface area contributed by atoms with Gasteiger partial charge in [0.1, 0.15) is 0 Å². The van der Waals surface area contributed by atoms with Gasteiger partial charge in [-0.05, 0) is 18.2 Å². The normalized spacial score (nSPS) is 10.5. The first-order chi connectivity index (χ1) is 11.1. The number of pyridine rings is 1. The summed E-state index contributed by atoms with van der Waals surface area (Å²) in [5.74, 6) is 0.0736. The molecule has 1 amide bonds. The first-order valence-corrected chi connectivity index (χ1v) is 6.79. The van der Waals surface area contributed by atoms with E-state index in [1.165, 1.54) is 25.3 Å². The van der Waals surface area contributed by atoms with Crippen LogP contribution in [0.4, 0.5) is 5.69 Å². The topological polar surface area (TPSA) is 94.4 Å². The van der Waals surface area contributed by atoms with Gasteiger partial charge in [-0.3, -0.25) is 14.9 Å². The number of amides is 1. The number of ether oxygens (including phenoxy) is 1. The lowest BCUT2D eigenvalue weighted by molar-refractivity contribution is -0.385. The van der Waals surface area contributed by atoms with Crippen molar-refractivity contribution in [1.82, 2.24) is 10.3 Å². The second kappa shape index (κ2) is 7.69. The van der Waals surface area contributed by atoms with Crippen molar-refractivity contribution in [3.05, 3.63) is 69.9 Å². The lowest BCUT2D eigenvalue weighted by atomic mass is 10.1. The SMILES string of the molecule is COc1ncccc1CNC(=O)C=Cc1ccccc1[N+](=O)[O-]. The van der Waals surface area contributed by atoms with E-state index in [9.17, 15) is 14.9 Å². The summed E-state index contributed by atoms with van der Waals surface area (Å²) in [5.41, 5.74) is 1.06. The molecule has 0 saturated heterocycles. The minimum atomic E-state index is -0.488. The third-order valence-corrected chi connectivity index (χ3v) is 3.04. The van der Waals surface area contributed by atoms with Gasteiger partial charge in [-0.1, -0.05) is 18.2 Å². The molecule has 0 aliphatic carbocycles. The molecule has 0 bridgehead atoms. The summed E-state index contributed by atoms with van der Waals surface area (Å²) in [4.78, 5) is 26.3. The predicted molar refractivity (Wildman–Crippen MR) is 84.8 cm³/mol. The Morgan fingerprint density at radius 3 is 2.87 bits per heavy atom. The molecule has 7 heteroatoms. The van der Waals surface area contributed by atoms with Gasteiger partial charge in [-0.2, -0.15) is 0 Å². The van der Waals surface area contributed by atoms with Crippen LogP contribution in [0.5, 0.6) is 5.88 Å². The van der Waals surface area contributed by atoms with E-state index in [0.29, 0.717) is 11.4 Å². The summed E-state index contributed by atoms with van der Waals surface area (Å²) in [6.07, 6.45) is 4.26. The Balaban J connectivity index is 2.01. The van der Waals surface area contributed by atoms with E-state index in [1.807, 2.05) is 0 Å². The fraction of sp³-hybridized carbons (Fsp3) is 0.125. The molecular weight excluding hydrogens is 298 g/mol. The number of carbonyl (C=O) groups excluding carboxylic acids is 1. The molecule has 2 aromatic rings. The van der Waals surface area contributed by atoms with Crippen molar-refractivity contribution < 1.29 is 14.5 Å². The molecular formula is C16H15N3O4. The Morgan fingerprint density at radius 2 is 2.13 bits per heavy atom. The average Bonchev–Trinajstić information content (AvgIpc) is 2.58. The van der Waals surface area contributed by atoms with Gasteiger partial charge in [-0.15, -0.1) is 0 Å². The van der Waals surface area contributed by atoms with Crippen molar-refractivity contribution >= 4 is 17.7 Å². The van der Waals surface area contributed by atoms with Crippen LogP contribution in [0.15, 0.2) is 48.7 Å². The molecule has 0 radical (unpaired) electrons. The minimum Gasteiger partial charge on any atom is -0.481 e. The second-order valence-corrected chi connectivity index (χ2v) is 4.54. The molecule has 1 aromatic heterocycles. The predicted octanol–water partition coefficient (Wildman–Crippen LogP) is 2.33. The fourth-order valence-electron chi connectivity index (χ4n) is 1.94. The monoisotopic (exact) mass is 313 g/mol. The maximum Gasteiger partial charge on any atom is 0.276 e. The molecule has 1 N–H and O–H groups in total. The van der Waals surface area contributed by atoms with Crippen molar-refractivity contribution in [3.8, 4) is 5.88 Å². The molecule has 0 saturated carbocycles. The number of hydrogen-bond donors (Lipinski definition) is 1. The molecule has 0 atom stereocenters. The van der Waals surface area contributed by atoms with Gasteiger partial charge in [-0.25, -0.2) is 4.98 Å². The van der Waals surface area contributed by atoms with E-state index in [1.54, 1.807) is 36.5 Å². The Labute approximate surface area is 132 Å². The van der Waals surface area contributed by atoms with Crippen LogP contribution >= 0.6 is 0 Å². The average molecular weight is 313 g/mol. The number of nitrogens with one attached hydrogen (secondary N) is 1. The van der Waals surface area contributed by atoms with Gasteiger partial charge in [0, 0.05) is 30.4 Å². The number of methoxy groups -OCH3 is 1. The number of hydrogen-bond acceptors (Lipinski definition) is 5. The molecule has 0 unspecified atom stereocenters. The summed E-state index contributed by atoms with van der Waals surface area (Å²) in [7, 11) is 1.50. The van der Waals surface area contributed by atoms with Crippen molar-refractivity contribution in [2.75, 3.05) is 7.11 Å². The summed E-state index contributed by atoms with van der Waals surface area (Å²) in [6.45, 7) is 0.247. The maximum atomic E-state index is 11.8. The Bertz CT molecular complexity index is 744. The third-order valence-electron chi connectivity index (χ3n) is 3.04. The molecule has 2 rings (SSSR count). The largest absolute Gasteiger partial charge is 0.481 e. The van der Waals surface area contributed by atoms with Gasteiger partial charge < -0.3 is 10.1 Å². The fourth-order valence-corrected chi connectivity index (χ4v) is 1.94. The van der Waals surface area contributed by atoms with Crippen LogP contribution in [0, 0.1) is 10.1 Å². The number of nitro groups is 1. The van der Waals surface area contributed by atoms with Gasteiger partial charge in [0.15, 0.2) is 0 Å². The number of aromatic nitrogens is 1. The Hall–Kier alpha value is -3.22. The van der Waals surface area contributed by atoms with Crippen molar-refractivity contribution in [2.45, 2.75) is 6.54 Å². The highest BCUT2D eigenvalue weighted by molar-refractivity contribution is 5.92. The van der Waals surface area contributed by atoms with E-state index >= 15 is 0 Å². The number of rotatable bonds is 6. The van der Waals surface area contributed by atoms with Crippen molar-refractivity contribution in [1.29, 1.82) is 0 Å². The van der Waals surface area contributed by atoms with Gasteiger partial charge in [0.2, 0.25) is 11.8 Å². The van der Waals surface area contributed by atoms with Gasteiger partial charge in [0.25, 0.3) is 5.69 Å². The highest BCUT2D eigenvalue weighted by Gasteiger charge is 2.10. The Morgan fingerprint density at radius 1 is 1.35 bits per heavy atom. The number of para-hydroxylation sites is 1. The maximum absolute atomic E-state index is 11.8. The van der Waals surface area contributed by atoms with Crippen molar-refractivity contribution in [2.24, 2.45) is 0 Å². The van der Waals surface area contributed by atoms with Crippen LogP contribution in [0.3, 0.4) is 0 Å². The van der Waals surface area contributed by atoms with Crippen LogP contribution in [-0.2, 0) is 11.3 Å². The molecule has 0 aliphatic rings. The first kappa shape index (κ1) is 16.2. The lowest BCUT2D eigenvalue weighted by Gasteiger charge is -2.06. The van der Waals surface area contributed by atoms with Gasteiger partial charge >= 0.3 is 0 Å². The number of carbonyl (C=O) groups is 1. The standard InChI is InChI=1S/C16H15N3O4/c1-23-16-13(6-4-10-17-16)11-18-15(20)9-8-12-5-2-3-7-14(12)19(21)22/h2-10H,11H2,1H3,(H,18,20). The number of nitrogens with zero attached hydrogens (tertiary/aromatic N) is 2. The summed E-state index contributed by atoms with van der Waals surface area (Å²) >= 11 is 0. The third kappa shape index (κ3) is 4.37. The summed E-state index contributed by atoms with van der Waals surface area (Å²) in [5, 5.41) is 13.6. The molecule has 0 fully saturated rings. The molecule has 118 valence electrons. The van der Waals surface area contributed by atoms with Crippen LogP contribution in [0.1, 0.15) is 11.1 Å². The van der Waals surface area contributed by atoms with Crippen LogP contribution in [-0.4, -0.2) is 22.9 Å². The zero-order valence-electron chi connectivity index (χ0n) is 12.4. The summed E-state index contributed by atoms with van der Waals surface area (Å²) in [6, 6.07) is 9.74. The molecule has 1 aromatic carbocycles. The smallest absolute Gasteiger partial charge is 0.276 e. The molecule has 23 heavy (non-hydrogen) atoms. The van der Waals surface area contributed by atoms with Crippen LogP contribution in [0.2, 0.25) is 0 Å². The van der Waals surface area contributed by atoms with Crippen LogP contribution < -0.4 is 10.1 Å². The lowest BCUT2D eigenvalue weighted by Crippen LogP contribution is -2.20. The highest BCUT2D eigenvalue weighted by atomic mass is 16.6. The molecule has 1 heterocycles. The highest BCUT2D eigenvalue weighted by Crippen LogP contribution is 2.18. The Kier molecular flexibility index (Phi) is 5.40. The van der Waals surface area contributed by atoms with Crippen molar-refractivity contribution in [3.63, 3.8) is 0 Å². The minimum absolute atomic E-state index is 0.0505. The van der Waals surface area contributed by atoms with E-state index < -0.39 is 4.92 Å². The zero-order chi connectivity index (χ0) is 16.7. The van der Waals surface area contributed by atoms with E-state index in [0.717, 1.165) is 5.56 Å². The van der Waals surface area contributed by atoms with E-state index in [2.05, 4.69) is 10.3 Å². The molecule has 0 spiro atoms. The van der Waals surface area contributed by atoms with E-state index in [4.69, 9.17) is 4.74 Å². The van der Waals surface area contributed by atoms with Crippen LogP contribution in [0.25, 0.3) is 6.08 Å². The number of benzene rings is 1. The first-order valence-electron chi connectivity index (χ1n) is 6.79.